The molecular weight excluding hydrogens is 190 g/mol. The Hall–Kier alpha value is -1.68. The van der Waals surface area contributed by atoms with Crippen molar-refractivity contribution in [1.29, 1.82) is 0 Å². The number of hydrogen-bond donors (Lipinski definition) is 1. The van der Waals surface area contributed by atoms with Crippen molar-refractivity contribution in [2.75, 3.05) is 0 Å². The first-order chi connectivity index (χ1) is 7.12. The zero-order valence-corrected chi connectivity index (χ0v) is 8.75. The summed E-state index contributed by atoms with van der Waals surface area (Å²) in [6.07, 6.45) is 5.01. The number of nitrogens with zero attached hydrogens (tertiary/aromatic N) is 3. The van der Waals surface area contributed by atoms with Crippen molar-refractivity contribution >= 4 is 0 Å². The Morgan fingerprint density at radius 3 is 2.67 bits per heavy atom. The van der Waals surface area contributed by atoms with Crippen molar-refractivity contribution in [3.8, 4) is 0 Å². The van der Waals surface area contributed by atoms with Crippen molar-refractivity contribution < 1.29 is 5.11 Å². The third-order valence-corrected chi connectivity index (χ3v) is 2.54. The van der Waals surface area contributed by atoms with Gasteiger partial charge in [-0.2, -0.15) is 5.10 Å². The predicted molar refractivity (Wildman–Crippen MR) is 56.1 cm³/mol. The second kappa shape index (κ2) is 3.47. The number of hydrogen-bond acceptors (Lipinski definition) is 3. The first-order valence-electron chi connectivity index (χ1n) is 4.74. The van der Waals surface area contributed by atoms with Crippen LogP contribution in [-0.2, 0) is 12.6 Å². The summed E-state index contributed by atoms with van der Waals surface area (Å²) in [7, 11) is 1.81. The van der Waals surface area contributed by atoms with Gasteiger partial charge >= 0.3 is 0 Å². The molecule has 1 N–H and O–H groups in total. The summed E-state index contributed by atoms with van der Waals surface area (Å²) in [5, 5.41) is 14.5. The summed E-state index contributed by atoms with van der Waals surface area (Å²) >= 11 is 0. The van der Waals surface area contributed by atoms with E-state index < -0.39 is 5.60 Å². The van der Waals surface area contributed by atoms with Crippen molar-refractivity contribution in [2.45, 2.75) is 12.5 Å². The standard InChI is InChI=1S/C11H13N3O/c1-11(15,9-4-3-6-12-8-9)10-5-7-13-14(10)2/h3-8,15H,1-2H3. The minimum absolute atomic E-state index is 0.746. The lowest BCUT2D eigenvalue weighted by Gasteiger charge is -2.23. The van der Waals surface area contributed by atoms with Crippen LogP contribution in [0.15, 0.2) is 36.8 Å². The monoisotopic (exact) mass is 203 g/mol. The van der Waals surface area contributed by atoms with Gasteiger partial charge in [-0.1, -0.05) is 6.07 Å². The molecule has 0 aromatic carbocycles. The molecule has 0 radical (unpaired) electrons. The fourth-order valence-electron chi connectivity index (χ4n) is 1.65. The smallest absolute Gasteiger partial charge is 0.130 e. The summed E-state index contributed by atoms with van der Waals surface area (Å²) in [4.78, 5) is 4.00. The van der Waals surface area contributed by atoms with Gasteiger partial charge in [-0.15, -0.1) is 0 Å². The van der Waals surface area contributed by atoms with Gasteiger partial charge in [-0.3, -0.25) is 9.67 Å². The molecule has 4 heteroatoms. The average molecular weight is 203 g/mol. The second-order valence-corrected chi connectivity index (χ2v) is 3.65. The van der Waals surface area contributed by atoms with Crippen molar-refractivity contribution in [3.05, 3.63) is 48.0 Å². The van der Waals surface area contributed by atoms with E-state index in [-0.39, 0.29) is 0 Å². The van der Waals surface area contributed by atoms with E-state index in [0.717, 1.165) is 11.3 Å². The summed E-state index contributed by atoms with van der Waals surface area (Å²) in [6, 6.07) is 5.45. The minimum atomic E-state index is -1.06. The largest absolute Gasteiger partial charge is 0.379 e. The highest BCUT2D eigenvalue weighted by Gasteiger charge is 2.28. The highest BCUT2D eigenvalue weighted by atomic mass is 16.3. The number of aliphatic hydroxyl groups is 1. The predicted octanol–water partition coefficient (Wildman–Crippen LogP) is 1.07. The van der Waals surface area contributed by atoms with E-state index in [1.165, 1.54) is 0 Å². The average Bonchev–Trinajstić information content (AvgIpc) is 2.66. The minimum Gasteiger partial charge on any atom is -0.379 e. The Morgan fingerprint density at radius 1 is 1.33 bits per heavy atom. The number of aryl methyl sites for hydroxylation is 1. The van der Waals surface area contributed by atoms with E-state index in [9.17, 15) is 5.11 Å². The highest BCUT2D eigenvalue weighted by Crippen LogP contribution is 2.27. The molecule has 0 fully saturated rings. The third-order valence-electron chi connectivity index (χ3n) is 2.54. The van der Waals surface area contributed by atoms with Crippen LogP contribution in [-0.4, -0.2) is 19.9 Å². The Balaban J connectivity index is 2.48. The lowest BCUT2D eigenvalue weighted by atomic mass is 9.94. The molecule has 0 bridgehead atoms. The zero-order chi connectivity index (χ0) is 10.9. The van der Waals surface area contributed by atoms with Crippen LogP contribution in [0, 0.1) is 0 Å². The summed E-state index contributed by atoms with van der Waals surface area (Å²) in [5.41, 5.74) is 0.448. The molecule has 0 spiro atoms. The summed E-state index contributed by atoms with van der Waals surface area (Å²) in [5.74, 6) is 0. The molecule has 2 aromatic rings. The molecule has 4 nitrogen and oxygen atoms in total. The van der Waals surface area contributed by atoms with Gasteiger partial charge in [0, 0.05) is 31.2 Å². The van der Waals surface area contributed by atoms with Crippen LogP contribution < -0.4 is 0 Å². The van der Waals surface area contributed by atoms with E-state index >= 15 is 0 Å². The highest BCUT2D eigenvalue weighted by molar-refractivity contribution is 5.28. The molecule has 0 aliphatic heterocycles. The zero-order valence-electron chi connectivity index (χ0n) is 8.75. The lowest BCUT2D eigenvalue weighted by molar-refractivity contribution is 0.0925. The number of rotatable bonds is 2. The van der Waals surface area contributed by atoms with Gasteiger partial charge in [0.1, 0.15) is 5.60 Å². The van der Waals surface area contributed by atoms with E-state index in [0.29, 0.717) is 0 Å². The quantitative estimate of drug-likeness (QED) is 0.794. The maximum absolute atomic E-state index is 10.4. The molecule has 0 aliphatic carbocycles. The van der Waals surface area contributed by atoms with Gasteiger partial charge in [-0.25, -0.2) is 0 Å². The molecular formula is C11H13N3O. The van der Waals surface area contributed by atoms with E-state index in [2.05, 4.69) is 10.1 Å². The van der Waals surface area contributed by atoms with Gasteiger partial charge in [0.15, 0.2) is 0 Å². The van der Waals surface area contributed by atoms with Crippen LogP contribution in [0.4, 0.5) is 0 Å². The topological polar surface area (TPSA) is 50.9 Å². The molecule has 78 valence electrons. The first kappa shape index (κ1) is 9.86. The van der Waals surface area contributed by atoms with Gasteiger partial charge < -0.3 is 5.11 Å². The normalized spacial score (nSPS) is 14.9. The fraction of sp³-hybridized carbons (Fsp3) is 0.273. The molecule has 2 rings (SSSR count). The maximum Gasteiger partial charge on any atom is 0.130 e. The Morgan fingerprint density at radius 2 is 2.13 bits per heavy atom. The van der Waals surface area contributed by atoms with Crippen molar-refractivity contribution in [1.82, 2.24) is 14.8 Å². The maximum atomic E-state index is 10.4. The molecule has 0 amide bonds. The molecule has 1 unspecified atom stereocenters. The fourth-order valence-corrected chi connectivity index (χ4v) is 1.65. The number of aromatic nitrogens is 3. The van der Waals surface area contributed by atoms with Crippen LogP contribution in [0.25, 0.3) is 0 Å². The third kappa shape index (κ3) is 1.64. The van der Waals surface area contributed by atoms with Crippen LogP contribution in [0.2, 0.25) is 0 Å². The summed E-state index contributed by atoms with van der Waals surface area (Å²) in [6.45, 7) is 1.74. The van der Waals surface area contributed by atoms with Crippen molar-refractivity contribution in [2.24, 2.45) is 7.05 Å². The Kier molecular flexibility index (Phi) is 2.28. The van der Waals surface area contributed by atoms with Crippen LogP contribution >= 0.6 is 0 Å². The molecule has 0 aliphatic rings. The van der Waals surface area contributed by atoms with E-state index in [1.807, 2.05) is 6.07 Å². The molecule has 2 aromatic heterocycles. The second-order valence-electron chi connectivity index (χ2n) is 3.65. The Labute approximate surface area is 88.2 Å². The molecule has 1 atom stereocenters. The van der Waals surface area contributed by atoms with Gasteiger partial charge in [0.25, 0.3) is 0 Å². The van der Waals surface area contributed by atoms with Crippen LogP contribution in [0.5, 0.6) is 0 Å². The number of pyridine rings is 1. The van der Waals surface area contributed by atoms with Crippen molar-refractivity contribution in [3.63, 3.8) is 0 Å². The molecule has 2 heterocycles. The van der Waals surface area contributed by atoms with Gasteiger partial charge in [-0.05, 0) is 19.1 Å². The van der Waals surface area contributed by atoms with Gasteiger partial charge in [0.2, 0.25) is 0 Å². The molecule has 0 saturated heterocycles. The van der Waals surface area contributed by atoms with E-state index in [4.69, 9.17) is 0 Å². The van der Waals surface area contributed by atoms with Crippen LogP contribution in [0.3, 0.4) is 0 Å². The molecule has 15 heavy (non-hydrogen) atoms. The van der Waals surface area contributed by atoms with Gasteiger partial charge in [0.05, 0.1) is 5.69 Å². The SMILES string of the molecule is Cn1nccc1C(C)(O)c1cccnc1. The first-order valence-corrected chi connectivity index (χ1v) is 4.74. The van der Waals surface area contributed by atoms with E-state index in [1.54, 1.807) is 49.4 Å². The van der Waals surface area contributed by atoms with Crippen LogP contribution in [0.1, 0.15) is 18.2 Å². The Bertz CT molecular complexity index is 448. The lowest BCUT2D eigenvalue weighted by Crippen LogP contribution is -2.26. The summed E-state index contributed by atoms with van der Waals surface area (Å²) < 4.78 is 1.66. The molecule has 0 saturated carbocycles.